The minimum absolute atomic E-state index is 0.0342. The third-order valence-electron chi connectivity index (χ3n) is 6.39. The van der Waals surface area contributed by atoms with E-state index >= 15 is 0 Å². The number of nitrogen functional groups attached to an aromatic ring is 1. The van der Waals surface area contributed by atoms with E-state index in [1.54, 1.807) is 42.0 Å². The lowest BCUT2D eigenvalue weighted by atomic mass is 10.1. The molecule has 14 nitrogen and oxygen atoms in total. The monoisotopic (exact) mass is 586 g/mol. The number of rotatable bonds is 9. The highest BCUT2D eigenvalue weighted by Gasteiger charge is 2.22. The van der Waals surface area contributed by atoms with E-state index in [1.165, 1.54) is 32.7 Å². The molecule has 0 radical (unpaired) electrons. The molecule has 0 aliphatic heterocycles. The minimum Gasteiger partial charge on any atom is -0.497 e. The third kappa shape index (κ3) is 5.30. The molecule has 1 unspecified atom stereocenters. The van der Waals surface area contributed by atoms with Crippen molar-refractivity contribution in [2.75, 3.05) is 30.0 Å². The van der Waals surface area contributed by atoms with Gasteiger partial charge in [-0.25, -0.2) is 32.9 Å². The van der Waals surface area contributed by atoms with Crippen molar-refractivity contribution in [3.8, 4) is 29.0 Å². The Bertz CT molecular complexity index is 1940. The summed E-state index contributed by atoms with van der Waals surface area (Å²) >= 11 is 0. The zero-order valence-corrected chi connectivity index (χ0v) is 23.8. The summed E-state index contributed by atoms with van der Waals surface area (Å²) in [5, 5.41) is 17.3. The van der Waals surface area contributed by atoms with E-state index in [0.29, 0.717) is 28.3 Å². The van der Waals surface area contributed by atoms with Gasteiger partial charge in [0, 0.05) is 18.0 Å². The normalized spacial score (nSPS) is 12.0. The van der Waals surface area contributed by atoms with Crippen molar-refractivity contribution < 1.29 is 17.9 Å². The number of hydrogen-bond donors (Lipinski definition) is 3. The van der Waals surface area contributed by atoms with Crippen LogP contribution in [0.2, 0.25) is 0 Å². The van der Waals surface area contributed by atoms with Crippen LogP contribution < -0.4 is 25.2 Å². The molecule has 0 saturated carbocycles. The standard InChI is InChI=1S/C27H26N10O4S/c1-15-9-10-37-23(15)22(34-25(35-37)16(2)33-26-20(12-28)24(29)31-14-32-26)17-11-21(27(41-4)30-13-17)36-42(38,39)19-7-5-18(40-3)6-8-19/h5-11,13-14,16,36H,1-4H3,(H3,29,31,32,33). The SMILES string of the molecule is COc1ccc(S(=O)(=O)Nc2cc(-c3nc(C(C)Nc4ncnc(N)c4C#N)nn4ccc(C)c34)cnc2OC)cc1. The Morgan fingerprint density at radius 3 is 2.55 bits per heavy atom. The van der Waals surface area contributed by atoms with Crippen LogP contribution in [-0.2, 0) is 10.0 Å². The molecule has 0 amide bonds. The van der Waals surface area contributed by atoms with Gasteiger partial charge in [-0.2, -0.15) is 10.4 Å². The highest BCUT2D eigenvalue weighted by atomic mass is 32.2. The predicted molar refractivity (Wildman–Crippen MR) is 155 cm³/mol. The average molecular weight is 587 g/mol. The Balaban J connectivity index is 1.57. The molecule has 0 spiro atoms. The van der Waals surface area contributed by atoms with Crippen LogP contribution in [0.4, 0.5) is 17.3 Å². The van der Waals surface area contributed by atoms with Crippen molar-refractivity contribution in [3.05, 3.63) is 72.1 Å². The topological polar surface area (TPSA) is 195 Å². The zero-order chi connectivity index (χ0) is 30.0. The maximum Gasteiger partial charge on any atom is 0.262 e. The van der Waals surface area contributed by atoms with E-state index in [0.717, 1.165) is 5.56 Å². The number of anilines is 3. The first kappa shape index (κ1) is 28.1. The second-order valence-electron chi connectivity index (χ2n) is 9.13. The predicted octanol–water partition coefficient (Wildman–Crippen LogP) is 3.33. The fraction of sp³-hybridized carbons (Fsp3) is 0.185. The van der Waals surface area contributed by atoms with E-state index < -0.39 is 16.1 Å². The second-order valence-corrected chi connectivity index (χ2v) is 10.8. The molecule has 1 atom stereocenters. The van der Waals surface area contributed by atoms with Gasteiger partial charge in [-0.15, -0.1) is 0 Å². The van der Waals surface area contributed by atoms with Crippen molar-refractivity contribution in [2.24, 2.45) is 0 Å². The van der Waals surface area contributed by atoms with Gasteiger partial charge in [0.15, 0.2) is 5.82 Å². The van der Waals surface area contributed by atoms with Gasteiger partial charge < -0.3 is 20.5 Å². The molecule has 5 aromatic rings. The number of aromatic nitrogens is 6. The lowest BCUT2D eigenvalue weighted by Gasteiger charge is -2.17. The van der Waals surface area contributed by atoms with Gasteiger partial charge in [0.25, 0.3) is 10.0 Å². The molecule has 0 aliphatic rings. The Hall–Kier alpha value is -5.49. The number of nitrogens with zero attached hydrogens (tertiary/aromatic N) is 7. The van der Waals surface area contributed by atoms with Crippen molar-refractivity contribution >= 4 is 32.9 Å². The summed E-state index contributed by atoms with van der Waals surface area (Å²) in [7, 11) is -1.10. The number of sulfonamides is 1. The number of ether oxygens (including phenoxy) is 2. The molecular weight excluding hydrogens is 560 g/mol. The van der Waals surface area contributed by atoms with Crippen LogP contribution in [0, 0.1) is 18.3 Å². The number of nitrogens with two attached hydrogens (primary N) is 1. The number of nitrogens with one attached hydrogen (secondary N) is 2. The fourth-order valence-electron chi connectivity index (χ4n) is 4.24. The Labute approximate surface area is 241 Å². The molecule has 1 aromatic carbocycles. The molecule has 214 valence electrons. The maximum atomic E-state index is 13.2. The van der Waals surface area contributed by atoms with E-state index in [4.69, 9.17) is 20.2 Å². The van der Waals surface area contributed by atoms with E-state index in [-0.39, 0.29) is 33.7 Å². The van der Waals surface area contributed by atoms with Crippen molar-refractivity contribution in [1.82, 2.24) is 29.5 Å². The van der Waals surface area contributed by atoms with Crippen LogP contribution in [0.1, 0.15) is 29.9 Å². The summed E-state index contributed by atoms with van der Waals surface area (Å²) in [6.07, 6.45) is 4.59. The molecule has 4 heterocycles. The highest BCUT2D eigenvalue weighted by Crippen LogP contribution is 2.33. The Morgan fingerprint density at radius 1 is 1.10 bits per heavy atom. The number of hydrogen-bond acceptors (Lipinski definition) is 12. The largest absolute Gasteiger partial charge is 0.497 e. The lowest BCUT2D eigenvalue weighted by molar-refractivity contribution is 0.400. The molecule has 0 fully saturated rings. The van der Waals surface area contributed by atoms with Crippen LogP contribution >= 0.6 is 0 Å². The van der Waals surface area contributed by atoms with Gasteiger partial charge in [0.2, 0.25) is 5.88 Å². The number of methoxy groups -OCH3 is 2. The number of fused-ring (bicyclic) bond motifs is 1. The molecule has 0 aliphatic carbocycles. The summed E-state index contributed by atoms with van der Waals surface area (Å²) in [6, 6.07) is 11.0. The van der Waals surface area contributed by atoms with Crippen LogP contribution in [-0.4, -0.2) is 52.2 Å². The van der Waals surface area contributed by atoms with Crippen molar-refractivity contribution in [1.29, 1.82) is 5.26 Å². The maximum absolute atomic E-state index is 13.2. The number of benzene rings is 1. The fourth-order valence-corrected chi connectivity index (χ4v) is 5.29. The van der Waals surface area contributed by atoms with Crippen molar-refractivity contribution in [2.45, 2.75) is 24.8 Å². The van der Waals surface area contributed by atoms with Crippen LogP contribution in [0.5, 0.6) is 11.6 Å². The summed E-state index contributed by atoms with van der Waals surface area (Å²) < 4.78 is 41.2. The van der Waals surface area contributed by atoms with E-state index in [1.807, 2.05) is 19.1 Å². The van der Waals surface area contributed by atoms with Gasteiger partial charge in [0.05, 0.1) is 30.7 Å². The summed E-state index contributed by atoms with van der Waals surface area (Å²) in [5.41, 5.74) is 8.66. The minimum atomic E-state index is -4.00. The van der Waals surface area contributed by atoms with Gasteiger partial charge in [-0.05, 0) is 55.8 Å². The lowest BCUT2D eigenvalue weighted by Crippen LogP contribution is -2.16. The van der Waals surface area contributed by atoms with Gasteiger partial charge in [-0.3, -0.25) is 4.72 Å². The Kier molecular flexibility index (Phi) is 7.47. The summed E-state index contributed by atoms with van der Waals surface area (Å²) in [6.45, 7) is 3.72. The van der Waals surface area contributed by atoms with Gasteiger partial charge in [-0.1, -0.05) is 0 Å². The van der Waals surface area contributed by atoms with Gasteiger partial charge in [0.1, 0.15) is 46.7 Å². The molecule has 5 rings (SSSR count). The first-order valence-electron chi connectivity index (χ1n) is 12.5. The summed E-state index contributed by atoms with van der Waals surface area (Å²) in [4.78, 5) is 17.2. The molecular formula is C27H26N10O4S. The van der Waals surface area contributed by atoms with Crippen LogP contribution in [0.25, 0.3) is 16.8 Å². The highest BCUT2D eigenvalue weighted by molar-refractivity contribution is 7.92. The molecule has 4 N–H and O–H groups in total. The smallest absolute Gasteiger partial charge is 0.262 e. The molecule has 4 aromatic heterocycles. The van der Waals surface area contributed by atoms with Crippen LogP contribution in [0.15, 0.2) is 60.0 Å². The molecule has 0 saturated heterocycles. The zero-order valence-electron chi connectivity index (χ0n) is 23.0. The van der Waals surface area contributed by atoms with E-state index in [2.05, 4.69) is 30.1 Å². The first-order valence-corrected chi connectivity index (χ1v) is 14.0. The average Bonchev–Trinajstić information content (AvgIpc) is 3.37. The quantitative estimate of drug-likeness (QED) is 0.228. The van der Waals surface area contributed by atoms with Crippen LogP contribution in [0.3, 0.4) is 0 Å². The molecule has 15 heteroatoms. The Morgan fingerprint density at radius 2 is 1.86 bits per heavy atom. The van der Waals surface area contributed by atoms with Gasteiger partial charge >= 0.3 is 0 Å². The van der Waals surface area contributed by atoms with E-state index in [9.17, 15) is 13.7 Å². The third-order valence-corrected chi connectivity index (χ3v) is 7.77. The number of aryl methyl sites for hydroxylation is 1. The summed E-state index contributed by atoms with van der Waals surface area (Å²) in [5.74, 6) is 1.26. The molecule has 42 heavy (non-hydrogen) atoms. The molecule has 0 bridgehead atoms. The van der Waals surface area contributed by atoms with Crippen molar-refractivity contribution in [3.63, 3.8) is 0 Å². The first-order chi connectivity index (χ1) is 20.1. The number of nitriles is 1. The number of pyridine rings is 1. The second kappa shape index (κ2) is 11.2.